The first-order valence-corrected chi connectivity index (χ1v) is 13.9. The van der Waals surface area contributed by atoms with E-state index in [2.05, 4.69) is 10.6 Å². The first-order chi connectivity index (χ1) is 20.0. The van der Waals surface area contributed by atoms with Crippen LogP contribution < -0.4 is 20.9 Å². The van der Waals surface area contributed by atoms with Gasteiger partial charge in [-0.05, 0) is 60.4 Å². The number of pyridine rings is 1. The summed E-state index contributed by atoms with van der Waals surface area (Å²) in [7, 11) is 0. The molecular formula is C33H32N4O4. The highest BCUT2D eigenvalue weighted by Crippen LogP contribution is 2.35. The van der Waals surface area contributed by atoms with Crippen molar-refractivity contribution in [2.24, 2.45) is 5.92 Å². The highest BCUT2D eigenvalue weighted by molar-refractivity contribution is 5.97. The molecule has 3 atom stereocenters. The fourth-order valence-corrected chi connectivity index (χ4v) is 5.82. The minimum atomic E-state index is -0.776. The van der Waals surface area contributed by atoms with Gasteiger partial charge < -0.3 is 24.8 Å². The number of urea groups is 1. The van der Waals surface area contributed by atoms with Crippen molar-refractivity contribution in [1.29, 1.82) is 0 Å². The van der Waals surface area contributed by atoms with E-state index in [9.17, 15) is 14.4 Å². The number of aromatic nitrogens is 1. The van der Waals surface area contributed by atoms with E-state index in [-0.39, 0.29) is 29.3 Å². The Bertz CT molecular complexity index is 1570. The van der Waals surface area contributed by atoms with Crippen LogP contribution in [0, 0.1) is 5.92 Å². The molecule has 1 fully saturated rings. The highest BCUT2D eigenvalue weighted by atomic mass is 16.5. The van der Waals surface area contributed by atoms with Crippen LogP contribution in [0.15, 0.2) is 108 Å². The lowest BCUT2D eigenvalue weighted by Gasteiger charge is -2.43. The van der Waals surface area contributed by atoms with E-state index in [4.69, 9.17) is 4.74 Å². The molecular weight excluding hydrogens is 516 g/mol. The molecule has 1 saturated heterocycles. The van der Waals surface area contributed by atoms with Crippen molar-refractivity contribution in [3.05, 3.63) is 125 Å². The van der Waals surface area contributed by atoms with Gasteiger partial charge in [0.05, 0.1) is 0 Å². The molecule has 1 aromatic heterocycles. The Hall–Kier alpha value is -4.85. The molecule has 2 N–H and O–H groups in total. The third-order valence-electron chi connectivity index (χ3n) is 7.76. The summed E-state index contributed by atoms with van der Waals surface area (Å²) in [6, 6.07) is 30.6. The Balaban J connectivity index is 1.14. The zero-order chi connectivity index (χ0) is 28.2. The van der Waals surface area contributed by atoms with Gasteiger partial charge in [0.25, 0.3) is 5.56 Å². The van der Waals surface area contributed by atoms with E-state index in [1.165, 1.54) is 0 Å². The summed E-state index contributed by atoms with van der Waals surface area (Å²) >= 11 is 0. The van der Waals surface area contributed by atoms with Crippen LogP contribution in [0.3, 0.4) is 0 Å². The number of benzene rings is 3. The molecule has 8 heteroatoms. The summed E-state index contributed by atoms with van der Waals surface area (Å²) in [5.74, 6) is 1.38. The summed E-state index contributed by atoms with van der Waals surface area (Å²) in [6.07, 6.45) is 1.30. The fraction of sp³-hybridized carbons (Fsp3) is 0.242. The number of likely N-dealkylation sites (tertiary alicyclic amines) is 1. The van der Waals surface area contributed by atoms with E-state index in [1.54, 1.807) is 41.3 Å². The maximum atomic E-state index is 13.5. The zero-order valence-electron chi connectivity index (χ0n) is 22.6. The van der Waals surface area contributed by atoms with E-state index in [1.807, 2.05) is 71.3 Å². The smallest absolute Gasteiger partial charge is 0.318 e. The predicted octanol–water partition coefficient (Wildman–Crippen LogP) is 5.02. The van der Waals surface area contributed by atoms with Gasteiger partial charge >= 0.3 is 6.03 Å². The Morgan fingerprint density at radius 2 is 1.51 bits per heavy atom. The van der Waals surface area contributed by atoms with Gasteiger partial charge in [0.2, 0.25) is 5.91 Å². The summed E-state index contributed by atoms with van der Waals surface area (Å²) in [5.41, 5.74) is 2.54. The molecule has 0 radical (unpaired) electrons. The summed E-state index contributed by atoms with van der Waals surface area (Å²) < 4.78 is 7.69. The first-order valence-electron chi connectivity index (χ1n) is 13.9. The number of hydrogen-bond donors (Lipinski definition) is 2. The van der Waals surface area contributed by atoms with Gasteiger partial charge in [-0.15, -0.1) is 0 Å². The third kappa shape index (κ3) is 6.17. The van der Waals surface area contributed by atoms with Gasteiger partial charge in [0.1, 0.15) is 17.5 Å². The van der Waals surface area contributed by atoms with E-state index in [0.717, 1.165) is 23.4 Å². The normalized spacial score (nSPS) is 18.1. The molecule has 0 spiro atoms. The number of nitrogens with zero attached hydrogens (tertiary/aromatic N) is 2. The maximum absolute atomic E-state index is 13.5. The molecule has 208 valence electrons. The minimum Gasteiger partial charge on any atom is -0.457 e. The Morgan fingerprint density at radius 1 is 0.805 bits per heavy atom. The van der Waals surface area contributed by atoms with E-state index < -0.39 is 6.04 Å². The number of hydrogen-bond acceptors (Lipinski definition) is 4. The molecule has 3 unspecified atom stereocenters. The lowest BCUT2D eigenvalue weighted by molar-refractivity contribution is -0.118. The van der Waals surface area contributed by atoms with Crippen molar-refractivity contribution in [3.63, 3.8) is 0 Å². The van der Waals surface area contributed by atoms with Crippen LogP contribution in [0.1, 0.15) is 23.6 Å². The summed E-state index contributed by atoms with van der Waals surface area (Å²) in [4.78, 5) is 41.2. The average Bonchev–Trinajstić information content (AvgIpc) is 2.99. The van der Waals surface area contributed by atoms with Crippen molar-refractivity contribution in [2.45, 2.75) is 31.3 Å². The molecule has 4 aromatic rings. The first kappa shape index (κ1) is 26.4. The van der Waals surface area contributed by atoms with Crippen molar-refractivity contribution < 1.29 is 14.3 Å². The number of para-hydroxylation sites is 1. The van der Waals surface area contributed by atoms with Crippen LogP contribution in [-0.2, 0) is 17.8 Å². The van der Waals surface area contributed by atoms with Crippen molar-refractivity contribution in [2.75, 3.05) is 18.4 Å². The molecule has 3 amide bonds. The molecule has 8 nitrogen and oxygen atoms in total. The SMILES string of the molecule is O=C(Nc1ccc(Oc2ccccc2)cc1)C(Cc1ccccc1)NC(=O)N1CC2CC(C1)c1cccc(=O)n1C2. The molecule has 2 aliphatic rings. The van der Waals surface area contributed by atoms with Crippen LogP contribution in [0.4, 0.5) is 10.5 Å². The summed E-state index contributed by atoms with van der Waals surface area (Å²) in [5, 5.41) is 5.96. The second-order valence-electron chi connectivity index (χ2n) is 10.7. The van der Waals surface area contributed by atoms with Crippen molar-refractivity contribution in [3.8, 4) is 11.5 Å². The number of fused-ring (bicyclic) bond motifs is 4. The lowest BCUT2D eigenvalue weighted by Crippen LogP contribution is -2.55. The quantitative estimate of drug-likeness (QED) is 0.339. The number of carbonyl (C=O) groups excluding carboxylic acids is 2. The number of ether oxygens (including phenoxy) is 1. The van der Waals surface area contributed by atoms with Gasteiger partial charge in [-0.25, -0.2) is 4.79 Å². The fourth-order valence-electron chi connectivity index (χ4n) is 5.82. The van der Waals surface area contributed by atoms with Gasteiger partial charge in [0, 0.05) is 49.4 Å². The number of carbonyl (C=O) groups is 2. The van der Waals surface area contributed by atoms with Crippen LogP contribution >= 0.6 is 0 Å². The van der Waals surface area contributed by atoms with E-state index >= 15 is 0 Å². The standard InChI is InChI=1S/C33H32N4O4/c38-31-13-7-12-30-25-18-24(21-37(30)31)20-36(22-25)33(40)35-29(19-23-8-3-1-4-9-23)32(39)34-26-14-16-28(17-15-26)41-27-10-5-2-6-11-27/h1-17,24-25,29H,18-22H2,(H,34,39)(H,35,40). The van der Waals surface area contributed by atoms with Gasteiger partial charge in [-0.1, -0.05) is 54.6 Å². The van der Waals surface area contributed by atoms with Crippen molar-refractivity contribution in [1.82, 2.24) is 14.8 Å². The summed E-state index contributed by atoms with van der Waals surface area (Å²) in [6.45, 7) is 1.66. The number of rotatable bonds is 7. The number of anilines is 1. The number of amides is 3. The highest BCUT2D eigenvalue weighted by Gasteiger charge is 2.37. The second-order valence-corrected chi connectivity index (χ2v) is 10.7. The maximum Gasteiger partial charge on any atom is 0.318 e. The van der Waals surface area contributed by atoms with Crippen LogP contribution in [0.2, 0.25) is 0 Å². The monoisotopic (exact) mass is 548 g/mol. The lowest BCUT2D eigenvalue weighted by atomic mass is 9.83. The molecule has 6 rings (SSSR count). The van der Waals surface area contributed by atoms with Crippen LogP contribution in [0.25, 0.3) is 0 Å². The second kappa shape index (κ2) is 11.7. The molecule has 2 aliphatic heterocycles. The Morgan fingerprint density at radius 3 is 2.27 bits per heavy atom. The molecule has 41 heavy (non-hydrogen) atoms. The number of nitrogens with one attached hydrogen (secondary N) is 2. The van der Waals surface area contributed by atoms with Crippen LogP contribution in [0.5, 0.6) is 11.5 Å². The van der Waals surface area contributed by atoms with Crippen LogP contribution in [-0.4, -0.2) is 40.5 Å². The minimum absolute atomic E-state index is 0.00867. The topological polar surface area (TPSA) is 92.7 Å². The third-order valence-corrected chi connectivity index (χ3v) is 7.76. The van der Waals surface area contributed by atoms with Gasteiger partial charge in [0.15, 0.2) is 0 Å². The van der Waals surface area contributed by atoms with Crippen molar-refractivity contribution >= 4 is 17.6 Å². The molecule has 0 aliphatic carbocycles. The predicted molar refractivity (Wildman–Crippen MR) is 157 cm³/mol. The Kier molecular flexibility index (Phi) is 7.54. The molecule has 3 heterocycles. The molecule has 0 saturated carbocycles. The van der Waals surface area contributed by atoms with E-state index in [0.29, 0.717) is 37.5 Å². The number of piperidine rings is 1. The van der Waals surface area contributed by atoms with Gasteiger partial charge in [-0.3, -0.25) is 9.59 Å². The molecule has 3 aromatic carbocycles. The average molecular weight is 549 g/mol. The van der Waals surface area contributed by atoms with Gasteiger partial charge in [-0.2, -0.15) is 0 Å². The Labute approximate surface area is 238 Å². The molecule has 2 bridgehead atoms. The zero-order valence-corrected chi connectivity index (χ0v) is 22.6. The largest absolute Gasteiger partial charge is 0.457 e.